The van der Waals surface area contributed by atoms with Crippen LogP contribution in [0.1, 0.15) is 52.7 Å². The summed E-state index contributed by atoms with van der Waals surface area (Å²) in [7, 11) is 0. The first-order valence-corrected chi connectivity index (χ1v) is 11.4. The van der Waals surface area contributed by atoms with Gasteiger partial charge in [0, 0.05) is 38.1 Å². The minimum Gasteiger partial charge on any atom is -0.503 e. The molecule has 0 fully saturated rings. The summed E-state index contributed by atoms with van der Waals surface area (Å²) in [6.45, 7) is 3.66. The summed E-state index contributed by atoms with van der Waals surface area (Å²) in [5, 5.41) is 21.8. The fourth-order valence-corrected chi connectivity index (χ4v) is 4.05. The molecule has 35 heavy (non-hydrogen) atoms. The summed E-state index contributed by atoms with van der Waals surface area (Å²) in [5.41, 5.74) is -1.94. The summed E-state index contributed by atoms with van der Waals surface area (Å²) in [6, 6.07) is 1.02. The summed E-state index contributed by atoms with van der Waals surface area (Å²) in [5.74, 6) is -4.50. The van der Waals surface area contributed by atoms with E-state index >= 15 is 0 Å². The maximum Gasteiger partial charge on any atom is 0.274 e. The lowest BCUT2D eigenvalue weighted by Crippen LogP contribution is -2.50. The van der Waals surface area contributed by atoms with Gasteiger partial charge in [-0.2, -0.15) is 0 Å². The van der Waals surface area contributed by atoms with Crippen molar-refractivity contribution in [1.29, 1.82) is 0 Å². The van der Waals surface area contributed by atoms with E-state index in [1.165, 1.54) is 15.7 Å². The maximum atomic E-state index is 14.2. The lowest BCUT2D eigenvalue weighted by Gasteiger charge is -2.39. The van der Waals surface area contributed by atoms with Crippen LogP contribution in [0.5, 0.6) is 5.75 Å². The third-order valence-electron chi connectivity index (χ3n) is 5.87. The van der Waals surface area contributed by atoms with Gasteiger partial charge in [0.25, 0.3) is 11.8 Å². The highest BCUT2D eigenvalue weighted by Crippen LogP contribution is 2.29. The van der Waals surface area contributed by atoms with Gasteiger partial charge in [0.1, 0.15) is 22.2 Å². The number of hydrogen-bond donors (Lipinski definition) is 3. The number of aromatic hydroxyl groups is 1. The second-order valence-electron chi connectivity index (χ2n) is 8.12. The van der Waals surface area contributed by atoms with Crippen LogP contribution in [0.15, 0.2) is 23.1 Å². The number of nitrogens with one attached hydrogen (secondary N) is 1. The van der Waals surface area contributed by atoms with Gasteiger partial charge in [0.2, 0.25) is 5.43 Å². The van der Waals surface area contributed by atoms with Crippen molar-refractivity contribution in [2.24, 2.45) is 0 Å². The number of amides is 2. The number of hydrogen-bond acceptors (Lipinski definition) is 6. The number of carbonyl (C=O) groups excluding carboxylic acids is 2. The molecule has 9 nitrogen and oxygen atoms in total. The Morgan fingerprint density at radius 2 is 2.06 bits per heavy atom. The van der Waals surface area contributed by atoms with Crippen LogP contribution < -0.4 is 10.7 Å². The van der Waals surface area contributed by atoms with E-state index in [2.05, 4.69) is 5.32 Å². The molecule has 12 heteroatoms. The average molecular weight is 514 g/mol. The Kier molecular flexibility index (Phi) is 8.47. The summed E-state index contributed by atoms with van der Waals surface area (Å²) < 4.78 is 34.3. The molecule has 0 spiro atoms. The van der Waals surface area contributed by atoms with E-state index in [1.807, 2.05) is 6.92 Å². The Morgan fingerprint density at radius 1 is 1.34 bits per heavy atom. The van der Waals surface area contributed by atoms with Crippen LogP contribution in [0.25, 0.3) is 0 Å². The molecule has 0 saturated carbocycles. The SMILES string of the molecule is CCOCC[C@H]1CN([C@H](C)CO)C(=O)c2c(O)c(=O)c(C(=O)NCc3ccc(F)c(Cl)c3F)cn21. The van der Waals surface area contributed by atoms with Crippen molar-refractivity contribution in [3.63, 3.8) is 0 Å². The Morgan fingerprint density at radius 3 is 2.71 bits per heavy atom. The summed E-state index contributed by atoms with van der Waals surface area (Å²) in [6.07, 6.45) is 1.57. The molecule has 1 aromatic carbocycles. The Balaban J connectivity index is 1.96. The molecule has 3 N–H and O–H groups in total. The zero-order chi connectivity index (χ0) is 25.9. The number of aliphatic hydroxyl groups is 1. The molecule has 190 valence electrons. The summed E-state index contributed by atoms with van der Waals surface area (Å²) in [4.78, 5) is 40.0. The molecule has 3 rings (SSSR count). The van der Waals surface area contributed by atoms with Gasteiger partial charge in [-0.05, 0) is 26.3 Å². The Bertz CT molecular complexity index is 1190. The lowest BCUT2D eigenvalue weighted by molar-refractivity contribution is 0.0456. The van der Waals surface area contributed by atoms with Gasteiger partial charge < -0.3 is 29.7 Å². The van der Waals surface area contributed by atoms with Crippen LogP contribution in [0.2, 0.25) is 5.02 Å². The van der Waals surface area contributed by atoms with Gasteiger partial charge in [0.05, 0.1) is 18.7 Å². The quantitative estimate of drug-likeness (QED) is 0.349. The van der Waals surface area contributed by atoms with E-state index in [0.717, 1.165) is 12.1 Å². The molecule has 0 saturated heterocycles. The normalized spacial score (nSPS) is 16.2. The van der Waals surface area contributed by atoms with Crippen molar-refractivity contribution in [2.75, 3.05) is 26.4 Å². The van der Waals surface area contributed by atoms with Crippen LogP contribution >= 0.6 is 11.6 Å². The second-order valence-corrected chi connectivity index (χ2v) is 8.50. The molecule has 1 aromatic heterocycles. The van der Waals surface area contributed by atoms with Crippen LogP contribution in [-0.4, -0.2) is 63.9 Å². The standard InChI is InChI=1S/C23H26ClF2N3O6/c1-3-35-7-6-14-9-28(12(2)11-30)23(34)19-21(32)20(31)15(10-29(14)19)22(33)27-8-13-4-5-16(25)17(24)18(13)26/h4-5,10,12,14,30,32H,3,6-9,11H2,1-2H3,(H,27,33)/t12-,14+/m1/s1. The number of ether oxygens (including phenoxy) is 1. The molecule has 2 amide bonds. The first-order valence-electron chi connectivity index (χ1n) is 11.0. The van der Waals surface area contributed by atoms with Gasteiger partial charge in [-0.1, -0.05) is 17.7 Å². The lowest BCUT2D eigenvalue weighted by atomic mass is 10.0. The fraction of sp³-hybridized carbons (Fsp3) is 0.435. The smallest absolute Gasteiger partial charge is 0.274 e. The average Bonchev–Trinajstić information content (AvgIpc) is 2.84. The van der Waals surface area contributed by atoms with Crippen LogP contribution in [0, 0.1) is 11.6 Å². The van der Waals surface area contributed by atoms with E-state index in [1.54, 1.807) is 6.92 Å². The number of aliphatic hydroxyl groups excluding tert-OH is 1. The van der Waals surface area contributed by atoms with Crippen molar-refractivity contribution in [3.8, 4) is 5.75 Å². The molecule has 0 aliphatic carbocycles. The van der Waals surface area contributed by atoms with E-state index in [4.69, 9.17) is 16.3 Å². The molecule has 2 atom stereocenters. The number of rotatable bonds is 9. The van der Waals surface area contributed by atoms with Crippen molar-refractivity contribution < 1.29 is 33.3 Å². The highest BCUT2D eigenvalue weighted by Gasteiger charge is 2.37. The molecule has 0 radical (unpaired) electrons. The predicted octanol–water partition coefficient (Wildman–Crippen LogP) is 2.22. The van der Waals surface area contributed by atoms with Crippen LogP contribution in [-0.2, 0) is 11.3 Å². The molecular formula is C23H26ClF2N3O6. The minimum atomic E-state index is -1.08. The fourth-order valence-electron chi connectivity index (χ4n) is 3.86. The van der Waals surface area contributed by atoms with E-state index in [-0.39, 0.29) is 24.4 Å². The minimum absolute atomic E-state index is 0.106. The zero-order valence-electron chi connectivity index (χ0n) is 19.2. The highest BCUT2D eigenvalue weighted by atomic mass is 35.5. The zero-order valence-corrected chi connectivity index (χ0v) is 19.9. The molecule has 0 bridgehead atoms. The van der Waals surface area contributed by atoms with Crippen molar-refractivity contribution in [1.82, 2.24) is 14.8 Å². The third-order valence-corrected chi connectivity index (χ3v) is 6.22. The van der Waals surface area contributed by atoms with Gasteiger partial charge in [-0.3, -0.25) is 14.4 Å². The number of nitrogens with zero attached hydrogens (tertiary/aromatic N) is 2. The number of benzene rings is 1. The molecule has 2 aromatic rings. The highest BCUT2D eigenvalue weighted by molar-refractivity contribution is 6.30. The van der Waals surface area contributed by atoms with E-state index < -0.39 is 63.8 Å². The van der Waals surface area contributed by atoms with E-state index in [0.29, 0.717) is 19.6 Å². The van der Waals surface area contributed by atoms with Gasteiger partial charge in [0.15, 0.2) is 11.4 Å². The first kappa shape index (κ1) is 26.6. The Labute approximate surface area is 204 Å². The number of aromatic nitrogens is 1. The van der Waals surface area contributed by atoms with Crippen LogP contribution in [0.3, 0.4) is 0 Å². The van der Waals surface area contributed by atoms with Crippen molar-refractivity contribution in [2.45, 2.75) is 38.9 Å². The van der Waals surface area contributed by atoms with Gasteiger partial charge in [-0.15, -0.1) is 0 Å². The number of carbonyl (C=O) groups is 2. The monoisotopic (exact) mass is 513 g/mol. The number of pyridine rings is 1. The van der Waals surface area contributed by atoms with Crippen LogP contribution in [0.4, 0.5) is 8.78 Å². The summed E-state index contributed by atoms with van der Waals surface area (Å²) >= 11 is 5.56. The van der Waals surface area contributed by atoms with Gasteiger partial charge >= 0.3 is 0 Å². The van der Waals surface area contributed by atoms with Crippen molar-refractivity contribution in [3.05, 3.63) is 62.0 Å². The molecule has 1 aliphatic rings. The number of fused-ring (bicyclic) bond motifs is 1. The molecule has 0 unspecified atom stereocenters. The molecular weight excluding hydrogens is 488 g/mol. The first-order chi connectivity index (χ1) is 16.6. The van der Waals surface area contributed by atoms with Crippen molar-refractivity contribution >= 4 is 23.4 Å². The van der Waals surface area contributed by atoms with E-state index in [9.17, 15) is 33.4 Å². The molecule has 1 aliphatic heterocycles. The van der Waals surface area contributed by atoms with Gasteiger partial charge in [-0.25, -0.2) is 8.78 Å². The topological polar surface area (TPSA) is 121 Å². The second kappa shape index (κ2) is 11.1. The molecule has 2 heterocycles. The Hall–Kier alpha value is -3.02. The largest absolute Gasteiger partial charge is 0.503 e. The third kappa shape index (κ3) is 5.31. The maximum absolute atomic E-state index is 14.2. The predicted molar refractivity (Wildman–Crippen MR) is 123 cm³/mol. The number of halogens is 3.